The number of piperidine rings is 1. The Morgan fingerprint density at radius 3 is 2.72 bits per heavy atom. The highest BCUT2D eigenvalue weighted by atomic mass is 35.5. The Labute approximate surface area is 114 Å². The SMILES string of the molecule is CCC1CCCCN1S(=O)(=O)c1ccccc1Cl. The van der Waals surface area contributed by atoms with E-state index in [-0.39, 0.29) is 10.9 Å². The summed E-state index contributed by atoms with van der Waals surface area (Å²) in [6.07, 6.45) is 3.83. The van der Waals surface area contributed by atoms with E-state index >= 15 is 0 Å². The van der Waals surface area contributed by atoms with Crippen molar-refractivity contribution in [3.8, 4) is 0 Å². The molecule has 5 heteroatoms. The molecule has 1 aromatic rings. The molecule has 0 amide bonds. The summed E-state index contributed by atoms with van der Waals surface area (Å²) in [4.78, 5) is 0.229. The van der Waals surface area contributed by atoms with Crippen molar-refractivity contribution in [3.63, 3.8) is 0 Å². The highest BCUT2D eigenvalue weighted by Crippen LogP contribution is 2.30. The van der Waals surface area contributed by atoms with Gasteiger partial charge in [-0.15, -0.1) is 0 Å². The zero-order valence-corrected chi connectivity index (χ0v) is 12.0. The van der Waals surface area contributed by atoms with Gasteiger partial charge in [0.15, 0.2) is 0 Å². The number of benzene rings is 1. The molecule has 0 aliphatic carbocycles. The van der Waals surface area contributed by atoms with Gasteiger partial charge in [0.25, 0.3) is 0 Å². The van der Waals surface area contributed by atoms with Crippen LogP contribution in [0, 0.1) is 0 Å². The molecule has 1 atom stereocenters. The van der Waals surface area contributed by atoms with Gasteiger partial charge in [-0.25, -0.2) is 8.42 Å². The molecule has 0 aromatic heterocycles. The lowest BCUT2D eigenvalue weighted by molar-refractivity contribution is 0.246. The Morgan fingerprint density at radius 2 is 2.06 bits per heavy atom. The minimum atomic E-state index is -3.45. The molecule has 0 spiro atoms. The van der Waals surface area contributed by atoms with Crippen molar-refractivity contribution in [1.82, 2.24) is 4.31 Å². The Balaban J connectivity index is 2.39. The topological polar surface area (TPSA) is 37.4 Å². The first-order valence-corrected chi connectivity index (χ1v) is 8.15. The predicted octanol–water partition coefficient (Wildman–Crippen LogP) is 3.29. The third kappa shape index (κ3) is 2.56. The van der Waals surface area contributed by atoms with Gasteiger partial charge in [0.05, 0.1) is 5.02 Å². The molecule has 1 aromatic carbocycles. The third-order valence-electron chi connectivity index (χ3n) is 3.47. The number of hydrogen-bond donors (Lipinski definition) is 0. The maximum Gasteiger partial charge on any atom is 0.244 e. The van der Waals surface area contributed by atoms with Gasteiger partial charge in [-0.1, -0.05) is 37.1 Å². The molecule has 3 nitrogen and oxygen atoms in total. The van der Waals surface area contributed by atoms with Gasteiger partial charge in [0.1, 0.15) is 4.90 Å². The zero-order valence-electron chi connectivity index (χ0n) is 10.5. The fraction of sp³-hybridized carbons (Fsp3) is 0.538. The maximum absolute atomic E-state index is 12.6. The lowest BCUT2D eigenvalue weighted by atomic mass is 10.0. The minimum absolute atomic E-state index is 0.111. The number of hydrogen-bond acceptors (Lipinski definition) is 2. The van der Waals surface area contributed by atoms with Crippen LogP contribution in [0.3, 0.4) is 0 Å². The zero-order chi connectivity index (χ0) is 13.2. The second kappa shape index (κ2) is 5.59. The predicted molar refractivity (Wildman–Crippen MR) is 73.3 cm³/mol. The van der Waals surface area contributed by atoms with E-state index in [9.17, 15) is 8.42 Å². The van der Waals surface area contributed by atoms with Gasteiger partial charge in [-0.05, 0) is 31.4 Å². The van der Waals surface area contributed by atoms with Gasteiger partial charge in [0, 0.05) is 12.6 Å². The standard InChI is InChI=1S/C13H18ClNO2S/c1-2-11-7-5-6-10-15(11)18(16,17)13-9-4-3-8-12(13)14/h3-4,8-9,11H,2,5-7,10H2,1H3. The van der Waals surface area contributed by atoms with Gasteiger partial charge in [-0.3, -0.25) is 0 Å². The highest BCUT2D eigenvalue weighted by Gasteiger charge is 2.33. The van der Waals surface area contributed by atoms with Crippen molar-refractivity contribution in [2.75, 3.05) is 6.54 Å². The largest absolute Gasteiger partial charge is 0.244 e. The van der Waals surface area contributed by atoms with Crippen LogP contribution in [0.25, 0.3) is 0 Å². The minimum Gasteiger partial charge on any atom is -0.207 e. The lowest BCUT2D eigenvalue weighted by Gasteiger charge is -2.34. The average molecular weight is 288 g/mol. The van der Waals surface area contributed by atoms with E-state index in [1.54, 1.807) is 28.6 Å². The molecule has 1 fully saturated rings. The molecular weight excluding hydrogens is 270 g/mol. The average Bonchev–Trinajstić information content (AvgIpc) is 2.39. The van der Waals surface area contributed by atoms with E-state index in [1.165, 1.54) is 0 Å². The van der Waals surface area contributed by atoms with Crippen molar-refractivity contribution in [2.24, 2.45) is 0 Å². The lowest BCUT2D eigenvalue weighted by Crippen LogP contribution is -2.43. The molecule has 0 N–H and O–H groups in total. The first kappa shape index (κ1) is 13.8. The van der Waals surface area contributed by atoms with Crippen molar-refractivity contribution in [3.05, 3.63) is 29.3 Å². The molecule has 18 heavy (non-hydrogen) atoms. The molecule has 1 aliphatic rings. The summed E-state index contributed by atoms with van der Waals surface area (Å²) < 4.78 is 26.9. The number of halogens is 1. The van der Waals surface area contributed by atoms with Crippen molar-refractivity contribution >= 4 is 21.6 Å². The maximum atomic E-state index is 12.6. The molecule has 2 rings (SSSR count). The first-order valence-electron chi connectivity index (χ1n) is 6.33. The second-order valence-electron chi connectivity index (χ2n) is 4.60. The smallest absolute Gasteiger partial charge is 0.207 e. The van der Waals surface area contributed by atoms with Crippen LogP contribution in [0.15, 0.2) is 29.2 Å². The van der Waals surface area contributed by atoms with E-state index in [0.717, 1.165) is 25.7 Å². The van der Waals surface area contributed by atoms with Crippen molar-refractivity contribution in [2.45, 2.75) is 43.5 Å². The summed E-state index contributed by atoms with van der Waals surface area (Å²) >= 11 is 6.01. The second-order valence-corrected chi connectivity index (χ2v) is 6.87. The van der Waals surface area contributed by atoms with E-state index in [1.807, 2.05) is 6.92 Å². The Morgan fingerprint density at radius 1 is 1.33 bits per heavy atom. The Hall–Kier alpha value is -0.580. The third-order valence-corrected chi connectivity index (χ3v) is 5.92. The molecule has 1 aliphatic heterocycles. The molecular formula is C13H18ClNO2S. The van der Waals surface area contributed by atoms with Crippen LogP contribution in [0.5, 0.6) is 0 Å². The van der Waals surface area contributed by atoms with Gasteiger partial charge in [0.2, 0.25) is 10.0 Å². The van der Waals surface area contributed by atoms with Crippen LogP contribution in [0.2, 0.25) is 5.02 Å². The molecule has 100 valence electrons. The van der Waals surface area contributed by atoms with Crippen LogP contribution in [-0.4, -0.2) is 25.3 Å². The first-order chi connectivity index (χ1) is 8.57. The van der Waals surface area contributed by atoms with Crippen LogP contribution in [0.4, 0.5) is 0 Å². The van der Waals surface area contributed by atoms with Gasteiger partial charge in [-0.2, -0.15) is 4.31 Å². The number of rotatable bonds is 3. The van der Waals surface area contributed by atoms with Crippen LogP contribution >= 0.6 is 11.6 Å². The quantitative estimate of drug-likeness (QED) is 0.855. The summed E-state index contributed by atoms with van der Waals surface area (Å²) in [5.74, 6) is 0. The monoisotopic (exact) mass is 287 g/mol. The number of nitrogens with zero attached hydrogens (tertiary/aromatic N) is 1. The summed E-state index contributed by atoms with van der Waals surface area (Å²) in [6.45, 7) is 2.64. The van der Waals surface area contributed by atoms with Crippen LogP contribution < -0.4 is 0 Å². The normalized spacial score (nSPS) is 22.0. The summed E-state index contributed by atoms with van der Waals surface area (Å²) in [5.41, 5.74) is 0. The molecule has 0 bridgehead atoms. The summed E-state index contributed by atoms with van der Waals surface area (Å²) in [6, 6.07) is 6.77. The number of sulfonamides is 1. The highest BCUT2D eigenvalue weighted by molar-refractivity contribution is 7.89. The summed E-state index contributed by atoms with van der Waals surface area (Å²) in [7, 11) is -3.45. The van der Waals surface area contributed by atoms with Crippen LogP contribution in [0.1, 0.15) is 32.6 Å². The van der Waals surface area contributed by atoms with E-state index in [2.05, 4.69) is 0 Å². The molecule has 1 saturated heterocycles. The van der Waals surface area contributed by atoms with Crippen molar-refractivity contribution < 1.29 is 8.42 Å². The molecule has 1 heterocycles. The summed E-state index contributed by atoms with van der Waals surface area (Å²) in [5, 5.41) is 0.304. The Kier molecular flexibility index (Phi) is 4.30. The van der Waals surface area contributed by atoms with Crippen LogP contribution in [-0.2, 0) is 10.0 Å². The molecule has 0 saturated carbocycles. The fourth-order valence-corrected chi connectivity index (χ4v) is 4.74. The Bertz CT molecular complexity index is 515. The van der Waals surface area contributed by atoms with E-state index in [4.69, 9.17) is 11.6 Å². The fourth-order valence-electron chi connectivity index (χ4n) is 2.48. The molecule has 0 radical (unpaired) electrons. The van der Waals surface area contributed by atoms with E-state index < -0.39 is 10.0 Å². The molecule has 1 unspecified atom stereocenters. The van der Waals surface area contributed by atoms with Gasteiger partial charge >= 0.3 is 0 Å². The van der Waals surface area contributed by atoms with Gasteiger partial charge < -0.3 is 0 Å². The van der Waals surface area contributed by atoms with Crippen molar-refractivity contribution in [1.29, 1.82) is 0 Å². The van der Waals surface area contributed by atoms with E-state index in [0.29, 0.717) is 11.6 Å².